The van der Waals surface area contributed by atoms with Crippen LogP contribution in [0.1, 0.15) is 40.0 Å². The number of urea groups is 1. The number of amides is 2. The number of rotatable bonds is 9. The molecule has 2 amide bonds. The lowest BCUT2D eigenvalue weighted by Crippen LogP contribution is -2.56. The van der Waals surface area contributed by atoms with Crippen LogP contribution >= 0.6 is 0 Å². The molecule has 0 fully saturated rings. The van der Waals surface area contributed by atoms with E-state index < -0.39 is 17.5 Å². The third kappa shape index (κ3) is 5.35. The second kappa shape index (κ2) is 8.74. The van der Waals surface area contributed by atoms with E-state index in [2.05, 4.69) is 10.6 Å². The topological polar surface area (TPSA) is 87.7 Å². The van der Waals surface area contributed by atoms with Crippen LogP contribution in [0.25, 0.3) is 0 Å². The summed E-state index contributed by atoms with van der Waals surface area (Å²) in [5.74, 6) is -1.00. The van der Waals surface area contributed by atoms with E-state index in [4.69, 9.17) is 9.84 Å². The van der Waals surface area contributed by atoms with E-state index in [0.717, 1.165) is 0 Å². The maximum absolute atomic E-state index is 11.6. The molecule has 0 heterocycles. The van der Waals surface area contributed by atoms with Crippen molar-refractivity contribution in [3.63, 3.8) is 0 Å². The molecule has 0 aromatic carbocycles. The van der Waals surface area contributed by atoms with Gasteiger partial charge in [-0.15, -0.1) is 0 Å². The van der Waals surface area contributed by atoms with Crippen molar-refractivity contribution < 1.29 is 19.4 Å². The van der Waals surface area contributed by atoms with Crippen molar-refractivity contribution in [1.29, 1.82) is 0 Å². The normalized spacial score (nSPS) is 11.1. The number of carbonyl (C=O) groups is 2. The van der Waals surface area contributed by atoms with Gasteiger partial charge in [-0.1, -0.05) is 13.8 Å². The Hall–Kier alpha value is -1.30. The van der Waals surface area contributed by atoms with E-state index >= 15 is 0 Å². The Morgan fingerprint density at radius 1 is 1.22 bits per heavy atom. The van der Waals surface area contributed by atoms with Gasteiger partial charge in [-0.05, 0) is 26.2 Å². The van der Waals surface area contributed by atoms with E-state index in [1.165, 1.54) is 0 Å². The van der Waals surface area contributed by atoms with Gasteiger partial charge in [-0.2, -0.15) is 0 Å². The monoisotopic (exact) mass is 260 g/mol. The van der Waals surface area contributed by atoms with E-state index in [9.17, 15) is 9.59 Å². The van der Waals surface area contributed by atoms with Crippen molar-refractivity contribution in [3.05, 3.63) is 0 Å². The minimum absolute atomic E-state index is 0.352. The summed E-state index contributed by atoms with van der Waals surface area (Å²) in [6.45, 7) is 7.10. The Morgan fingerprint density at radius 2 is 1.83 bits per heavy atom. The van der Waals surface area contributed by atoms with Crippen molar-refractivity contribution in [1.82, 2.24) is 10.6 Å². The van der Waals surface area contributed by atoms with E-state index in [-0.39, 0.29) is 0 Å². The first kappa shape index (κ1) is 16.7. The summed E-state index contributed by atoms with van der Waals surface area (Å²) in [6.07, 6.45) is 1.41. The SMILES string of the molecule is CCOCCCNC(=O)NC(CC)(CC)C(=O)O. The fraction of sp³-hybridized carbons (Fsp3) is 0.833. The minimum atomic E-state index is -1.18. The van der Waals surface area contributed by atoms with Gasteiger partial charge in [0, 0.05) is 19.8 Å². The highest BCUT2D eigenvalue weighted by molar-refractivity contribution is 5.86. The standard InChI is InChI=1S/C12H24N2O4/c1-4-12(5-2,10(15)16)14-11(17)13-8-7-9-18-6-3/h4-9H2,1-3H3,(H,15,16)(H2,13,14,17). The number of hydrogen-bond acceptors (Lipinski definition) is 3. The number of carboxylic acid groups (broad SMARTS) is 1. The molecule has 0 aliphatic heterocycles. The quantitative estimate of drug-likeness (QED) is 0.546. The van der Waals surface area contributed by atoms with Crippen LogP contribution in [0.5, 0.6) is 0 Å². The molecule has 0 aromatic heterocycles. The summed E-state index contributed by atoms with van der Waals surface area (Å²) in [6, 6.07) is -0.447. The zero-order valence-electron chi connectivity index (χ0n) is 11.4. The molecule has 18 heavy (non-hydrogen) atoms. The Kier molecular flexibility index (Phi) is 8.11. The van der Waals surface area contributed by atoms with Crippen LogP contribution in [-0.4, -0.2) is 42.4 Å². The van der Waals surface area contributed by atoms with Gasteiger partial charge >= 0.3 is 12.0 Å². The third-order valence-electron chi connectivity index (χ3n) is 2.92. The zero-order valence-corrected chi connectivity index (χ0v) is 11.4. The first-order valence-corrected chi connectivity index (χ1v) is 6.39. The highest BCUT2D eigenvalue weighted by atomic mass is 16.5. The maximum Gasteiger partial charge on any atom is 0.329 e. The number of nitrogens with one attached hydrogen (secondary N) is 2. The summed E-state index contributed by atoms with van der Waals surface area (Å²) in [5.41, 5.74) is -1.18. The lowest BCUT2D eigenvalue weighted by atomic mass is 9.93. The van der Waals surface area contributed by atoms with Crippen LogP contribution in [0.15, 0.2) is 0 Å². The van der Waals surface area contributed by atoms with Crippen molar-refractivity contribution >= 4 is 12.0 Å². The predicted molar refractivity (Wildman–Crippen MR) is 68.6 cm³/mol. The summed E-state index contributed by atoms with van der Waals surface area (Å²) < 4.78 is 5.13. The van der Waals surface area contributed by atoms with Gasteiger partial charge in [-0.25, -0.2) is 9.59 Å². The summed E-state index contributed by atoms with van der Waals surface area (Å²) in [7, 11) is 0. The van der Waals surface area contributed by atoms with Crippen LogP contribution in [0.3, 0.4) is 0 Å². The third-order valence-corrected chi connectivity index (χ3v) is 2.92. The van der Waals surface area contributed by atoms with Crippen molar-refractivity contribution in [2.45, 2.75) is 45.6 Å². The van der Waals surface area contributed by atoms with E-state index in [0.29, 0.717) is 39.0 Å². The second-order valence-corrected chi connectivity index (χ2v) is 4.03. The molecule has 0 rings (SSSR count). The lowest BCUT2D eigenvalue weighted by Gasteiger charge is -2.28. The number of hydrogen-bond donors (Lipinski definition) is 3. The van der Waals surface area contributed by atoms with Crippen molar-refractivity contribution in [2.24, 2.45) is 0 Å². The number of aliphatic carboxylic acids is 1. The number of ether oxygens (including phenoxy) is 1. The average Bonchev–Trinajstić information content (AvgIpc) is 2.35. The summed E-state index contributed by atoms with van der Waals surface area (Å²) in [5, 5.41) is 14.3. The minimum Gasteiger partial charge on any atom is -0.480 e. The van der Waals surface area contributed by atoms with E-state index in [1.807, 2.05) is 6.92 Å². The summed E-state index contributed by atoms with van der Waals surface area (Å²) in [4.78, 5) is 22.8. The van der Waals surface area contributed by atoms with Crippen LogP contribution in [-0.2, 0) is 9.53 Å². The molecule has 0 aliphatic carbocycles. The molecule has 0 bridgehead atoms. The molecule has 0 unspecified atom stereocenters. The Labute approximate surface area is 108 Å². The van der Waals surface area contributed by atoms with Crippen LogP contribution < -0.4 is 10.6 Å². The zero-order chi connectivity index (χ0) is 14.0. The van der Waals surface area contributed by atoms with Crippen LogP contribution in [0.2, 0.25) is 0 Å². The number of carboxylic acids is 1. The molecular weight excluding hydrogens is 236 g/mol. The van der Waals surface area contributed by atoms with Gasteiger partial charge < -0.3 is 20.5 Å². The molecule has 0 atom stereocenters. The fourth-order valence-corrected chi connectivity index (χ4v) is 1.56. The fourth-order valence-electron chi connectivity index (χ4n) is 1.56. The van der Waals surface area contributed by atoms with Gasteiger partial charge in [0.05, 0.1) is 0 Å². The van der Waals surface area contributed by atoms with Gasteiger partial charge in [0.1, 0.15) is 5.54 Å². The van der Waals surface area contributed by atoms with Crippen molar-refractivity contribution in [2.75, 3.05) is 19.8 Å². The summed E-state index contributed by atoms with van der Waals surface area (Å²) >= 11 is 0. The number of carbonyl (C=O) groups excluding carboxylic acids is 1. The van der Waals surface area contributed by atoms with Gasteiger partial charge in [0.2, 0.25) is 0 Å². The van der Waals surface area contributed by atoms with Gasteiger partial charge in [-0.3, -0.25) is 0 Å². The molecule has 0 spiro atoms. The molecule has 106 valence electrons. The Balaban J connectivity index is 4.08. The van der Waals surface area contributed by atoms with Crippen LogP contribution in [0.4, 0.5) is 4.79 Å². The van der Waals surface area contributed by atoms with Gasteiger partial charge in [0.15, 0.2) is 0 Å². The molecule has 0 aromatic rings. The smallest absolute Gasteiger partial charge is 0.329 e. The lowest BCUT2D eigenvalue weighted by molar-refractivity contribution is -0.144. The molecule has 3 N–H and O–H groups in total. The molecular formula is C12H24N2O4. The average molecular weight is 260 g/mol. The maximum atomic E-state index is 11.6. The van der Waals surface area contributed by atoms with Gasteiger partial charge in [0.25, 0.3) is 0 Å². The van der Waals surface area contributed by atoms with Crippen LogP contribution in [0, 0.1) is 0 Å². The van der Waals surface area contributed by atoms with Crippen molar-refractivity contribution in [3.8, 4) is 0 Å². The molecule has 0 saturated carbocycles. The first-order chi connectivity index (χ1) is 8.52. The largest absolute Gasteiger partial charge is 0.480 e. The predicted octanol–water partition coefficient (Wildman–Crippen LogP) is 1.36. The molecule has 0 radical (unpaired) electrons. The molecule has 0 saturated heterocycles. The second-order valence-electron chi connectivity index (χ2n) is 4.03. The Bertz CT molecular complexity index is 265. The first-order valence-electron chi connectivity index (χ1n) is 6.39. The molecule has 6 nitrogen and oxygen atoms in total. The highest BCUT2D eigenvalue weighted by Crippen LogP contribution is 2.14. The molecule has 6 heteroatoms. The highest BCUT2D eigenvalue weighted by Gasteiger charge is 2.36. The van der Waals surface area contributed by atoms with E-state index in [1.54, 1.807) is 13.8 Å². The molecule has 0 aliphatic rings. The Morgan fingerprint density at radius 3 is 2.28 bits per heavy atom.